The maximum atomic E-state index is 12.4. The molecule has 0 aliphatic heterocycles. The monoisotopic (exact) mass is 338 g/mol. The Kier molecular flexibility index (Phi) is 4.50. The first-order chi connectivity index (χ1) is 9.13. The number of rotatable bonds is 3. The van der Waals surface area contributed by atoms with Crippen LogP contribution in [-0.2, 0) is 15.5 Å². The van der Waals surface area contributed by atoms with Crippen molar-refractivity contribution in [1.82, 2.24) is 0 Å². The zero-order chi connectivity index (χ0) is 13.8. The molecule has 0 aliphatic rings. The Morgan fingerprint density at radius 1 is 1.11 bits per heavy atom. The molecule has 2 aromatic rings. The summed E-state index contributed by atoms with van der Waals surface area (Å²) in [6, 6.07) is 14.1. The van der Waals surface area contributed by atoms with Gasteiger partial charge in [-0.1, -0.05) is 18.2 Å². The molecule has 0 radical (unpaired) electrons. The van der Waals surface area contributed by atoms with Crippen LogP contribution in [0.2, 0.25) is 0 Å². The number of carbonyl (C=O) groups is 1. The van der Waals surface area contributed by atoms with E-state index < -0.39 is 16.8 Å². The van der Waals surface area contributed by atoms with Gasteiger partial charge in [-0.25, -0.2) is 9.00 Å². The van der Waals surface area contributed by atoms with Crippen LogP contribution in [0, 0.1) is 0 Å². The second kappa shape index (κ2) is 6.12. The summed E-state index contributed by atoms with van der Waals surface area (Å²) < 4.78 is 17.7. The van der Waals surface area contributed by atoms with Gasteiger partial charge in [-0.2, -0.15) is 0 Å². The van der Waals surface area contributed by atoms with E-state index in [0.29, 0.717) is 19.8 Å². The fourth-order valence-electron chi connectivity index (χ4n) is 1.57. The minimum atomic E-state index is -1.31. The molecule has 0 bridgehead atoms. The number of hydrogen-bond acceptors (Lipinski definition) is 3. The second-order valence-corrected chi connectivity index (χ2v) is 6.05. The van der Waals surface area contributed by atoms with Crippen LogP contribution in [-0.4, -0.2) is 17.3 Å². The Balaban J connectivity index is 2.42. The van der Waals surface area contributed by atoms with Gasteiger partial charge < -0.3 is 4.74 Å². The molecule has 0 aromatic heterocycles. The van der Waals surface area contributed by atoms with Crippen LogP contribution in [0.4, 0.5) is 0 Å². The molecule has 0 aliphatic carbocycles. The highest BCUT2D eigenvalue weighted by Gasteiger charge is 2.14. The van der Waals surface area contributed by atoms with Crippen LogP contribution < -0.4 is 0 Å². The topological polar surface area (TPSA) is 43.4 Å². The van der Waals surface area contributed by atoms with Gasteiger partial charge in [-0.3, -0.25) is 0 Å². The number of hydrogen-bond donors (Lipinski definition) is 0. The molecule has 19 heavy (non-hydrogen) atoms. The molecule has 0 spiro atoms. The summed E-state index contributed by atoms with van der Waals surface area (Å²) in [4.78, 5) is 12.9. The highest BCUT2D eigenvalue weighted by atomic mass is 79.9. The molecular formula is C14H11BrO3S. The molecule has 98 valence electrons. The van der Waals surface area contributed by atoms with Gasteiger partial charge >= 0.3 is 5.97 Å². The number of ether oxygens (including phenoxy) is 1. The van der Waals surface area contributed by atoms with Crippen molar-refractivity contribution in [2.45, 2.75) is 9.79 Å². The van der Waals surface area contributed by atoms with E-state index in [1.54, 1.807) is 30.3 Å². The molecule has 0 amide bonds. The van der Waals surface area contributed by atoms with Crippen molar-refractivity contribution in [3.63, 3.8) is 0 Å². The van der Waals surface area contributed by atoms with Gasteiger partial charge in [0.25, 0.3) is 0 Å². The van der Waals surface area contributed by atoms with Crippen LogP contribution in [0.5, 0.6) is 0 Å². The number of halogens is 1. The lowest BCUT2D eigenvalue weighted by Crippen LogP contribution is -2.04. The van der Waals surface area contributed by atoms with Gasteiger partial charge in [-0.15, -0.1) is 0 Å². The van der Waals surface area contributed by atoms with Crippen molar-refractivity contribution >= 4 is 32.7 Å². The van der Waals surface area contributed by atoms with Gasteiger partial charge in [0.15, 0.2) is 0 Å². The molecule has 0 fully saturated rings. The fraction of sp³-hybridized carbons (Fsp3) is 0.0714. The summed E-state index contributed by atoms with van der Waals surface area (Å²) in [5.74, 6) is -0.459. The third-order valence-corrected chi connectivity index (χ3v) is 4.59. The van der Waals surface area contributed by atoms with Gasteiger partial charge in [0.1, 0.15) is 0 Å². The maximum Gasteiger partial charge on any atom is 0.339 e. The molecule has 1 unspecified atom stereocenters. The number of benzene rings is 2. The predicted molar refractivity (Wildman–Crippen MR) is 76.6 cm³/mol. The first-order valence-corrected chi connectivity index (χ1v) is 7.42. The minimum absolute atomic E-state index is 0.365. The Morgan fingerprint density at radius 3 is 2.42 bits per heavy atom. The molecule has 0 saturated heterocycles. The molecule has 0 N–H and O–H groups in total. The summed E-state index contributed by atoms with van der Waals surface area (Å²) in [5, 5.41) is 0. The SMILES string of the molecule is COC(=O)c1cc(S(=O)c2ccccc2)ccc1Br. The lowest BCUT2D eigenvalue weighted by atomic mass is 10.2. The lowest BCUT2D eigenvalue weighted by molar-refractivity contribution is 0.0599. The minimum Gasteiger partial charge on any atom is -0.465 e. The molecular weight excluding hydrogens is 328 g/mol. The van der Waals surface area contributed by atoms with E-state index in [0.717, 1.165) is 0 Å². The first-order valence-electron chi connectivity index (χ1n) is 5.48. The summed E-state index contributed by atoms with van der Waals surface area (Å²) >= 11 is 3.28. The number of esters is 1. The standard InChI is InChI=1S/C14H11BrO3S/c1-18-14(16)12-9-11(7-8-13(12)15)19(17)10-5-3-2-4-6-10/h2-9H,1H3. The molecule has 0 saturated carbocycles. The van der Waals surface area contributed by atoms with E-state index in [9.17, 15) is 9.00 Å². The summed E-state index contributed by atoms with van der Waals surface area (Å²) in [6.45, 7) is 0. The number of carbonyl (C=O) groups excluding carboxylic acids is 1. The van der Waals surface area contributed by atoms with Crippen LogP contribution in [0.15, 0.2) is 62.8 Å². The lowest BCUT2D eigenvalue weighted by Gasteiger charge is -2.06. The largest absolute Gasteiger partial charge is 0.465 e. The second-order valence-electron chi connectivity index (χ2n) is 3.72. The third-order valence-electron chi connectivity index (χ3n) is 2.51. The van der Waals surface area contributed by atoms with Crippen molar-refractivity contribution in [1.29, 1.82) is 0 Å². The molecule has 2 aromatic carbocycles. The van der Waals surface area contributed by atoms with Crippen molar-refractivity contribution in [3.05, 3.63) is 58.6 Å². The smallest absolute Gasteiger partial charge is 0.339 e. The van der Waals surface area contributed by atoms with Gasteiger partial charge in [-0.05, 0) is 46.3 Å². The zero-order valence-electron chi connectivity index (χ0n) is 10.1. The van der Waals surface area contributed by atoms with E-state index in [-0.39, 0.29) is 0 Å². The van der Waals surface area contributed by atoms with Crippen molar-refractivity contribution < 1.29 is 13.7 Å². The average Bonchev–Trinajstić information content (AvgIpc) is 2.47. The van der Waals surface area contributed by atoms with E-state index in [1.165, 1.54) is 7.11 Å². The van der Waals surface area contributed by atoms with Crippen LogP contribution in [0.1, 0.15) is 10.4 Å². The first kappa shape index (κ1) is 14.0. The van der Waals surface area contributed by atoms with Crippen molar-refractivity contribution in [3.8, 4) is 0 Å². The van der Waals surface area contributed by atoms with E-state index in [4.69, 9.17) is 0 Å². The maximum absolute atomic E-state index is 12.4. The van der Waals surface area contributed by atoms with Crippen molar-refractivity contribution in [2.24, 2.45) is 0 Å². The summed E-state index contributed by atoms with van der Waals surface area (Å²) in [6.07, 6.45) is 0. The van der Waals surface area contributed by atoms with Gasteiger partial charge in [0.2, 0.25) is 0 Å². The van der Waals surface area contributed by atoms with E-state index in [1.807, 2.05) is 18.2 Å². The normalized spacial score (nSPS) is 11.9. The molecule has 0 heterocycles. The molecule has 3 nitrogen and oxygen atoms in total. The Bertz CT molecular complexity index is 626. The quantitative estimate of drug-likeness (QED) is 0.805. The molecule has 5 heteroatoms. The predicted octanol–water partition coefficient (Wildman–Crippen LogP) is 3.40. The number of methoxy groups -OCH3 is 1. The van der Waals surface area contributed by atoms with Crippen LogP contribution in [0.3, 0.4) is 0 Å². The Labute approximate surface area is 122 Å². The summed E-state index contributed by atoms with van der Waals surface area (Å²) in [7, 11) is 0.00261. The fourth-order valence-corrected chi connectivity index (χ4v) is 3.07. The van der Waals surface area contributed by atoms with Gasteiger partial charge in [0.05, 0.1) is 23.5 Å². The molecule has 1 atom stereocenters. The Hall–Kier alpha value is -1.46. The highest BCUT2D eigenvalue weighted by Crippen LogP contribution is 2.23. The molecule has 2 rings (SSSR count). The van der Waals surface area contributed by atoms with Crippen molar-refractivity contribution in [2.75, 3.05) is 7.11 Å². The van der Waals surface area contributed by atoms with Gasteiger partial charge in [0, 0.05) is 14.3 Å². The summed E-state index contributed by atoms with van der Waals surface area (Å²) in [5.41, 5.74) is 0.365. The zero-order valence-corrected chi connectivity index (χ0v) is 12.5. The van der Waals surface area contributed by atoms with Crippen LogP contribution >= 0.6 is 15.9 Å². The highest BCUT2D eigenvalue weighted by molar-refractivity contribution is 9.10. The average molecular weight is 339 g/mol. The van der Waals surface area contributed by atoms with E-state index in [2.05, 4.69) is 20.7 Å². The Morgan fingerprint density at radius 2 is 1.79 bits per heavy atom. The van der Waals surface area contributed by atoms with Crippen LogP contribution in [0.25, 0.3) is 0 Å². The third kappa shape index (κ3) is 3.11. The van der Waals surface area contributed by atoms with E-state index >= 15 is 0 Å².